The number of aromatic nitrogens is 1. The van der Waals surface area contributed by atoms with Crippen molar-refractivity contribution in [3.8, 4) is 0 Å². The molecule has 2 heterocycles. The van der Waals surface area contributed by atoms with E-state index in [1.54, 1.807) is 11.0 Å². The Morgan fingerprint density at radius 2 is 2.24 bits per heavy atom. The molecular weight excluding hydrogens is 265 g/mol. The molecule has 17 heavy (non-hydrogen) atoms. The molecule has 0 unspecified atom stereocenters. The first-order chi connectivity index (χ1) is 8.11. The summed E-state index contributed by atoms with van der Waals surface area (Å²) in [6, 6.07) is 1.55. The van der Waals surface area contributed by atoms with E-state index in [0.717, 1.165) is 0 Å². The van der Waals surface area contributed by atoms with Crippen LogP contribution in [0.15, 0.2) is 6.07 Å². The first-order valence-corrected chi connectivity index (χ1v) is 5.71. The molecule has 1 aromatic heterocycles. The molecule has 0 atom stereocenters. The largest absolute Gasteiger partial charge is 0.353 e. The van der Waals surface area contributed by atoms with Gasteiger partial charge in [0.2, 0.25) is 5.91 Å². The fourth-order valence-electron chi connectivity index (χ4n) is 1.60. The Bertz CT molecular complexity index is 453. The topological polar surface area (TPSA) is 83.3 Å². The molecule has 0 spiro atoms. The van der Waals surface area contributed by atoms with Gasteiger partial charge in [0.1, 0.15) is 0 Å². The first kappa shape index (κ1) is 12.2. The van der Waals surface area contributed by atoms with Crippen LogP contribution in [0.3, 0.4) is 0 Å². The quantitative estimate of drug-likeness (QED) is 0.544. The molecule has 4 N–H and O–H groups in total. The summed E-state index contributed by atoms with van der Waals surface area (Å²) < 4.78 is 0. The summed E-state index contributed by atoms with van der Waals surface area (Å²) in [5.74, 6) is 6.05. The van der Waals surface area contributed by atoms with Crippen LogP contribution in [0.5, 0.6) is 0 Å². The minimum Gasteiger partial charge on any atom is -0.353 e. The van der Waals surface area contributed by atoms with Gasteiger partial charge in [-0.2, -0.15) is 0 Å². The van der Waals surface area contributed by atoms with Crippen molar-refractivity contribution in [2.24, 2.45) is 5.84 Å². The van der Waals surface area contributed by atoms with Crippen LogP contribution in [0.4, 0.5) is 11.6 Å². The molecular formula is C9H11Cl2N5O. The van der Waals surface area contributed by atoms with E-state index in [2.05, 4.69) is 15.7 Å². The van der Waals surface area contributed by atoms with Gasteiger partial charge in [0.25, 0.3) is 0 Å². The van der Waals surface area contributed by atoms with E-state index >= 15 is 0 Å². The predicted octanol–water partition coefficient (Wildman–Crippen LogP) is 0.610. The maximum Gasteiger partial charge on any atom is 0.239 e. The highest BCUT2D eigenvalue weighted by atomic mass is 35.5. The van der Waals surface area contributed by atoms with Crippen molar-refractivity contribution in [3.63, 3.8) is 0 Å². The molecule has 1 aliphatic rings. The van der Waals surface area contributed by atoms with Crippen LogP contribution in [-0.2, 0) is 4.79 Å². The summed E-state index contributed by atoms with van der Waals surface area (Å²) in [5, 5.41) is 3.45. The second kappa shape index (κ2) is 4.95. The number of nitrogens with two attached hydrogens (primary N) is 1. The summed E-state index contributed by atoms with van der Waals surface area (Å²) in [4.78, 5) is 17.3. The van der Waals surface area contributed by atoms with E-state index in [0.29, 0.717) is 34.8 Å². The number of nitrogens with one attached hydrogen (secondary N) is 2. The zero-order valence-electron chi connectivity index (χ0n) is 8.83. The summed E-state index contributed by atoms with van der Waals surface area (Å²) in [5.41, 5.74) is 2.38. The number of carbonyl (C=O) groups is 1. The van der Waals surface area contributed by atoms with Crippen LogP contribution < -0.4 is 21.5 Å². The highest BCUT2D eigenvalue weighted by Crippen LogP contribution is 2.31. The number of rotatable bonds is 2. The normalized spacial score (nSPS) is 15.7. The molecule has 1 fully saturated rings. The molecule has 1 amide bonds. The summed E-state index contributed by atoms with van der Waals surface area (Å²) >= 11 is 11.9. The van der Waals surface area contributed by atoms with Crippen LogP contribution in [0, 0.1) is 0 Å². The van der Waals surface area contributed by atoms with E-state index in [1.165, 1.54) is 0 Å². The number of pyridine rings is 1. The zero-order chi connectivity index (χ0) is 12.4. The lowest BCUT2D eigenvalue weighted by Gasteiger charge is -2.28. The molecule has 0 aromatic carbocycles. The number of carbonyl (C=O) groups excluding carboxylic acids is 1. The molecule has 8 heteroatoms. The van der Waals surface area contributed by atoms with Gasteiger partial charge in [0.05, 0.1) is 16.6 Å². The highest BCUT2D eigenvalue weighted by Gasteiger charge is 2.21. The lowest BCUT2D eigenvalue weighted by Crippen LogP contribution is -2.48. The predicted molar refractivity (Wildman–Crippen MR) is 67.3 cm³/mol. The molecule has 0 saturated carbocycles. The second-order valence-electron chi connectivity index (χ2n) is 3.54. The maximum absolute atomic E-state index is 11.3. The second-order valence-corrected chi connectivity index (χ2v) is 4.35. The van der Waals surface area contributed by atoms with Crippen LogP contribution in [0.2, 0.25) is 10.0 Å². The Morgan fingerprint density at radius 3 is 2.88 bits per heavy atom. The van der Waals surface area contributed by atoms with Gasteiger partial charge in [-0.05, 0) is 6.07 Å². The van der Waals surface area contributed by atoms with Crippen LogP contribution in [-0.4, -0.2) is 30.5 Å². The van der Waals surface area contributed by atoms with Crippen LogP contribution in [0.1, 0.15) is 0 Å². The number of hydrogen-bond acceptors (Lipinski definition) is 5. The Labute approximate surface area is 108 Å². The Balaban J connectivity index is 2.33. The Morgan fingerprint density at radius 1 is 1.47 bits per heavy atom. The van der Waals surface area contributed by atoms with Crippen LogP contribution >= 0.6 is 23.2 Å². The third-order valence-electron chi connectivity index (χ3n) is 2.39. The van der Waals surface area contributed by atoms with Crippen LogP contribution in [0.25, 0.3) is 0 Å². The van der Waals surface area contributed by atoms with Crippen molar-refractivity contribution in [1.29, 1.82) is 0 Å². The van der Waals surface area contributed by atoms with E-state index in [-0.39, 0.29) is 12.5 Å². The number of anilines is 2. The van der Waals surface area contributed by atoms with Gasteiger partial charge >= 0.3 is 0 Å². The molecule has 1 saturated heterocycles. The lowest BCUT2D eigenvalue weighted by atomic mass is 10.3. The molecule has 0 bridgehead atoms. The van der Waals surface area contributed by atoms with Crippen molar-refractivity contribution in [2.45, 2.75) is 0 Å². The van der Waals surface area contributed by atoms with Gasteiger partial charge < -0.3 is 15.6 Å². The van der Waals surface area contributed by atoms with Crippen molar-refractivity contribution < 1.29 is 4.79 Å². The number of piperazine rings is 1. The number of halogens is 2. The number of nitrogen functional groups attached to an aromatic ring is 1. The van der Waals surface area contributed by atoms with E-state index in [4.69, 9.17) is 29.0 Å². The molecule has 6 nitrogen and oxygen atoms in total. The molecule has 2 rings (SSSR count). The fraction of sp³-hybridized carbons (Fsp3) is 0.333. The third-order valence-corrected chi connectivity index (χ3v) is 2.95. The molecule has 1 aliphatic heterocycles. The SMILES string of the molecule is NNc1nc(N2CCNC(=O)C2)c(Cl)cc1Cl. The van der Waals surface area contributed by atoms with Gasteiger partial charge in [-0.3, -0.25) is 4.79 Å². The van der Waals surface area contributed by atoms with E-state index in [9.17, 15) is 4.79 Å². The van der Waals surface area contributed by atoms with E-state index in [1.807, 2.05) is 0 Å². The first-order valence-electron chi connectivity index (χ1n) is 4.96. The highest BCUT2D eigenvalue weighted by molar-refractivity contribution is 6.37. The minimum atomic E-state index is -0.0636. The van der Waals surface area contributed by atoms with Gasteiger partial charge in [0, 0.05) is 13.1 Å². The van der Waals surface area contributed by atoms with Gasteiger partial charge in [-0.1, -0.05) is 23.2 Å². The molecule has 1 aromatic rings. The fourth-order valence-corrected chi connectivity index (χ4v) is 2.13. The standard InChI is InChI=1S/C9H11Cl2N5O/c10-5-3-6(11)9(14-8(5)15-12)16-2-1-13-7(17)4-16/h3H,1-2,4,12H2,(H,13,17)(H,14,15). The molecule has 92 valence electrons. The monoisotopic (exact) mass is 275 g/mol. The summed E-state index contributed by atoms with van der Waals surface area (Å²) in [6.07, 6.45) is 0. The van der Waals surface area contributed by atoms with Gasteiger partial charge in [-0.15, -0.1) is 0 Å². The number of hydrazine groups is 1. The average molecular weight is 276 g/mol. The van der Waals surface area contributed by atoms with Crippen molar-refractivity contribution in [2.75, 3.05) is 30.0 Å². The Hall–Kier alpha value is -1.24. The number of amides is 1. The number of nitrogens with zero attached hydrogens (tertiary/aromatic N) is 2. The molecule has 0 aliphatic carbocycles. The number of hydrogen-bond donors (Lipinski definition) is 3. The molecule has 0 radical (unpaired) electrons. The summed E-state index contributed by atoms with van der Waals surface area (Å²) in [7, 11) is 0. The maximum atomic E-state index is 11.3. The summed E-state index contributed by atoms with van der Waals surface area (Å²) in [6.45, 7) is 1.42. The third kappa shape index (κ3) is 2.54. The minimum absolute atomic E-state index is 0.0636. The van der Waals surface area contributed by atoms with Crippen molar-refractivity contribution in [3.05, 3.63) is 16.1 Å². The van der Waals surface area contributed by atoms with Crippen molar-refractivity contribution >= 4 is 40.7 Å². The zero-order valence-corrected chi connectivity index (χ0v) is 10.3. The van der Waals surface area contributed by atoms with E-state index < -0.39 is 0 Å². The lowest BCUT2D eigenvalue weighted by molar-refractivity contribution is -0.120. The van der Waals surface area contributed by atoms with Gasteiger partial charge in [0.15, 0.2) is 11.6 Å². The average Bonchev–Trinajstić information content (AvgIpc) is 2.29. The van der Waals surface area contributed by atoms with Crippen molar-refractivity contribution in [1.82, 2.24) is 10.3 Å². The smallest absolute Gasteiger partial charge is 0.239 e. The van der Waals surface area contributed by atoms with Gasteiger partial charge in [-0.25, -0.2) is 10.8 Å². The Kier molecular flexibility index (Phi) is 3.56.